The molecule has 5 heteroatoms. The molecule has 1 aromatic heterocycles. The molecule has 5 nitrogen and oxygen atoms in total. The third kappa shape index (κ3) is 3.35. The number of nitrogens with one attached hydrogen (secondary N) is 1. The minimum Gasteiger partial charge on any atom is -0.459 e. The van der Waals surface area contributed by atoms with E-state index in [-0.39, 0.29) is 23.5 Å². The molecule has 1 aliphatic heterocycles. The third-order valence-corrected chi connectivity index (χ3v) is 4.41. The summed E-state index contributed by atoms with van der Waals surface area (Å²) in [5.41, 5.74) is 2.47. The highest BCUT2D eigenvalue weighted by molar-refractivity contribution is 5.95. The minimum atomic E-state index is -0.562. The first kappa shape index (κ1) is 16.3. The van der Waals surface area contributed by atoms with Crippen LogP contribution in [0.15, 0.2) is 47.1 Å². The summed E-state index contributed by atoms with van der Waals surface area (Å²) >= 11 is 0. The molecule has 1 atom stereocenters. The van der Waals surface area contributed by atoms with Crippen LogP contribution >= 0.6 is 0 Å². The van der Waals surface area contributed by atoms with E-state index in [1.54, 1.807) is 12.1 Å². The molecule has 0 fully saturated rings. The van der Waals surface area contributed by atoms with Crippen molar-refractivity contribution in [3.8, 4) is 0 Å². The number of nitrogens with zero attached hydrogens (tertiary/aromatic N) is 1. The van der Waals surface area contributed by atoms with Gasteiger partial charge in [0.2, 0.25) is 5.91 Å². The van der Waals surface area contributed by atoms with Crippen LogP contribution in [0.5, 0.6) is 0 Å². The highest BCUT2D eigenvalue weighted by atomic mass is 16.3. The summed E-state index contributed by atoms with van der Waals surface area (Å²) < 4.78 is 5.11. The van der Waals surface area contributed by atoms with Gasteiger partial charge in [-0.3, -0.25) is 9.59 Å². The van der Waals surface area contributed by atoms with Gasteiger partial charge in [-0.2, -0.15) is 0 Å². The summed E-state index contributed by atoms with van der Waals surface area (Å²) in [5, 5.41) is 2.82. The molecule has 0 saturated heterocycles. The molecular weight excluding hydrogens is 304 g/mol. The van der Waals surface area contributed by atoms with Crippen LogP contribution in [-0.4, -0.2) is 29.3 Å². The number of hydrogen-bond acceptors (Lipinski definition) is 3. The zero-order valence-electron chi connectivity index (χ0n) is 14.0. The number of rotatable bonds is 4. The van der Waals surface area contributed by atoms with Crippen LogP contribution in [0.4, 0.5) is 0 Å². The van der Waals surface area contributed by atoms with E-state index in [1.807, 2.05) is 30.9 Å². The molecule has 0 radical (unpaired) electrons. The average Bonchev–Trinajstić information content (AvgIpc) is 3.13. The largest absolute Gasteiger partial charge is 0.459 e. The van der Waals surface area contributed by atoms with Crippen molar-refractivity contribution >= 4 is 11.8 Å². The molecule has 0 saturated carbocycles. The lowest BCUT2D eigenvalue weighted by atomic mass is 9.97. The molecule has 0 spiro atoms. The SMILES string of the molecule is CC(C)[C@@H](NC(=O)c1ccco1)C(=O)N1CCc2ccccc2C1. The fourth-order valence-corrected chi connectivity index (χ4v) is 3.01. The topological polar surface area (TPSA) is 62.6 Å². The van der Waals surface area contributed by atoms with E-state index in [0.717, 1.165) is 6.42 Å². The second-order valence-corrected chi connectivity index (χ2v) is 6.45. The van der Waals surface area contributed by atoms with Crippen LogP contribution in [0.1, 0.15) is 35.5 Å². The van der Waals surface area contributed by atoms with E-state index in [0.29, 0.717) is 13.1 Å². The molecule has 0 aliphatic carbocycles. The lowest BCUT2D eigenvalue weighted by Gasteiger charge is -2.33. The van der Waals surface area contributed by atoms with Crippen molar-refractivity contribution in [3.05, 3.63) is 59.5 Å². The van der Waals surface area contributed by atoms with Crippen molar-refractivity contribution in [2.75, 3.05) is 6.54 Å². The number of benzene rings is 1. The predicted molar refractivity (Wildman–Crippen MR) is 90.4 cm³/mol. The second-order valence-electron chi connectivity index (χ2n) is 6.45. The quantitative estimate of drug-likeness (QED) is 0.939. The van der Waals surface area contributed by atoms with Crippen LogP contribution in [0, 0.1) is 5.92 Å². The van der Waals surface area contributed by atoms with Gasteiger partial charge in [0.15, 0.2) is 5.76 Å². The molecule has 1 aliphatic rings. The van der Waals surface area contributed by atoms with Crippen LogP contribution in [0.25, 0.3) is 0 Å². The van der Waals surface area contributed by atoms with E-state index >= 15 is 0 Å². The highest BCUT2D eigenvalue weighted by Crippen LogP contribution is 2.20. The van der Waals surface area contributed by atoms with Crippen LogP contribution < -0.4 is 5.32 Å². The van der Waals surface area contributed by atoms with Gasteiger partial charge in [0, 0.05) is 13.1 Å². The summed E-state index contributed by atoms with van der Waals surface area (Å²) in [4.78, 5) is 27.0. The van der Waals surface area contributed by atoms with E-state index in [9.17, 15) is 9.59 Å². The Bertz CT molecular complexity index is 722. The van der Waals surface area contributed by atoms with E-state index < -0.39 is 6.04 Å². The monoisotopic (exact) mass is 326 g/mol. The number of amides is 2. The van der Waals surface area contributed by atoms with Crippen LogP contribution in [0.2, 0.25) is 0 Å². The van der Waals surface area contributed by atoms with Gasteiger partial charge in [-0.25, -0.2) is 0 Å². The van der Waals surface area contributed by atoms with Gasteiger partial charge in [0.25, 0.3) is 5.91 Å². The molecule has 24 heavy (non-hydrogen) atoms. The maximum Gasteiger partial charge on any atom is 0.287 e. The Morgan fingerprint density at radius 1 is 1.12 bits per heavy atom. The lowest BCUT2D eigenvalue weighted by molar-refractivity contribution is -0.135. The molecule has 1 N–H and O–H groups in total. The van der Waals surface area contributed by atoms with E-state index in [1.165, 1.54) is 17.4 Å². The van der Waals surface area contributed by atoms with Gasteiger partial charge in [0.1, 0.15) is 6.04 Å². The van der Waals surface area contributed by atoms with Crippen molar-refractivity contribution in [3.63, 3.8) is 0 Å². The highest BCUT2D eigenvalue weighted by Gasteiger charge is 2.31. The normalized spacial score (nSPS) is 15.0. The first-order valence-electron chi connectivity index (χ1n) is 8.26. The molecule has 2 aromatic rings. The summed E-state index contributed by atoms with van der Waals surface area (Å²) in [6.07, 6.45) is 2.29. The first-order chi connectivity index (χ1) is 11.6. The van der Waals surface area contributed by atoms with Crippen molar-refractivity contribution < 1.29 is 14.0 Å². The average molecular weight is 326 g/mol. The molecule has 3 rings (SSSR count). The summed E-state index contributed by atoms with van der Waals surface area (Å²) in [5.74, 6) is -0.185. The maximum atomic E-state index is 12.9. The Kier molecular flexibility index (Phi) is 4.69. The van der Waals surface area contributed by atoms with Gasteiger partial charge >= 0.3 is 0 Å². The zero-order valence-corrected chi connectivity index (χ0v) is 14.0. The predicted octanol–water partition coefficient (Wildman–Crippen LogP) is 2.62. The Morgan fingerprint density at radius 2 is 1.88 bits per heavy atom. The van der Waals surface area contributed by atoms with Crippen LogP contribution in [0.3, 0.4) is 0 Å². The van der Waals surface area contributed by atoms with Crippen LogP contribution in [-0.2, 0) is 17.8 Å². The smallest absolute Gasteiger partial charge is 0.287 e. The maximum absolute atomic E-state index is 12.9. The molecule has 0 unspecified atom stereocenters. The number of hydrogen-bond donors (Lipinski definition) is 1. The summed E-state index contributed by atoms with van der Waals surface area (Å²) in [7, 11) is 0. The summed E-state index contributed by atoms with van der Waals surface area (Å²) in [6, 6.07) is 10.9. The molecule has 1 aromatic carbocycles. The molecule has 0 bridgehead atoms. The standard InChI is InChI=1S/C19H22N2O3/c1-13(2)17(20-18(22)16-8-5-11-24-16)19(23)21-10-9-14-6-3-4-7-15(14)12-21/h3-8,11,13,17H,9-10,12H2,1-2H3,(H,20,22)/t17-/m1/s1. The molecule has 2 heterocycles. The Balaban J connectivity index is 1.72. The van der Waals surface area contributed by atoms with E-state index in [4.69, 9.17) is 4.42 Å². The van der Waals surface area contributed by atoms with Gasteiger partial charge in [-0.15, -0.1) is 0 Å². The van der Waals surface area contributed by atoms with Gasteiger partial charge < -0.3 is 14.6 Å². The molecule has 2 amide bonds. The van der Waals surface area contributed by atoms with Crippen molar-refractivity contribution in [1.82, 2.24) is 10.2 Å². The molecule has 126 valence electrons. The minimum absolute atomic E-state index is 0.00594. The lowest BCUT2D eigenvalue weighted by Crippen LogP contribution is -2.52. The number of carbonyl (C=O) groups is 2. The third-order valence-electron chi connectivity index (χ3n) is 4.41. The van der Waals surface area contributed by atoms with Crippen molar-refractivity contribution in [2.24, 2.45) is 5.92 Å². The van der Waals surface area contributed by atoms with E-state index in [2.05, 4.69) is 17.4 Å². The molecular formula is C19H22N2O3. The van der Waals surface area contributed by atoms with Gasteiger partial charge in [-0.05, 0) is 35.6 Å². The van der Waals surface area contributed by atoms with Crippen molar-refractivity contribution in [2.45, 2.75) is 32.9 Å². The fraction of sp³-hybridized carbons (Fsp3) is 0.368. The fourth-order valence-electron chi connectivity index (χ4n) is 3.01. The Hall–Kier alpha value is -2.56. The van der Waals surface area contributed by atoms with Gasteiger partial charge in [0.05, 0.1) is 6.26 Å². The summed E-state index contributed by atoms with van der Waals surface area (Å²) in [6.45, 7) is 5.14. The Labute approximate surface area is 141 Å². The zero-order chi connectivity index (χ0) is 17.1. The number of furan rings is 1. The van der Waals surface area contributed by atoms with Crippen molar-refractivity contribution in [1.29, 1.82) is 0 Å². The number of carbonyl (C=O) groups excluding carboxylic acids is 2. The number of fused-ring (bicyclic) bond motifs is 1. The first-order valence-corrected chi connectivity index (χ1v) is 8.26. The van der Waals surface area contributed by atoms with Gasteiger partial charge in [-0.1, -0.05) is 38.1 Å². The second kappa shape index (κ2) is 6.91. The Morgan fingerprint density at radius 3 is 2.54 bits per heavy atom.